The predicted octanol–water partition coefficient (Wildman–Crippen LogP) is 4.06. The van der Waals surface area contributed by atoms with Gasteiger partial charge in [0.15, 0.2) is 16.6 Å². The van der Waals surface area contributed by atoms with Gasteiger partial charge >= 0.3 is 8.56 Å². The second kappa shape index (κ2) is 6.05. The Labute approximate surface area is 121 Å². The van der Waals surface area contributed by atoms with Gasteiger partial charge < -0.3 is 8.23 Å². The van der Waals surface area contributed by atoms with Crippen molar-refractivity contribution in [2.24, 2.45) is 0 Å². The van der Waals surface area contributed by atoms with Crippen LogP contribution >= 0.6 is 0 Å². The number of benzene rings is 1. The minimum atomic E-state index is -2.29. The molecule has 2 nitrogen and oxygen atoms in total. The molecule has 1 aromatic rings. The molecule has 0 aliphatic heterocycles. The molecule has 1 aromatic carbocycles. The van der Waals surface area contributed by atoms with Crippen molar-refractivity contribution in [1.29, 1.82) is 0 Å². The summed E-state index contributed by atoms with van der Waals surface area (Å²) in [6.07, 6.45) is 0. The molecule has 108 valence electrons. The lowest BCUT2D eigenvalue weighted by Crippen LogP contribution is -2.61. The molecule has 0 aliphatic carbocycles. The summed E-state index contributed by atoms with van der Waals surface area (Å²) in [4.78, 5) is 0. The van der Waals surface area contributed by atoms with Gasteiger partial charge in [0.1, 0.15) is 0 Å². The first-order valence-corrected chi connectivity index (χ1v) is 15.9. The van der Waals surface area contributed by atoms with Crippen molar-refractivity contribution in [3.8, 4) is 0 Å². The molecule has 0 fully saturated rings. The van der Waals surface area contributed by atoms with Crippen LogP contribution in [0.4, 0.5) is 0 Å². The van der Waals surface area contributed by atoms with Gasteiger partial charge in [0.2, 0.25) is 0 Å². The fourth-order valence-corrected chi connectivity index (χ4v) is 13.8. The maximum Gasteiger partial charge on any atom is 0.351 e. The number of hydrogen-bond donors (Lipinski definition) is 0. The van der Waals surface area contributed by atoms with Crippen LogP contribution in [0.1, 0.15) is 6.92 Å². The standard InChI is InChI=1S/C14H28O2Si3/c1-8-19(15-17(2,3)4,16-18(5,6)7)14-12-10-9-11-13-14/h9-13H,8H2,1-7H3. The average molecular weight is 313 g/mol. The van der Waals surface area contributed by atoms with Crippen LogP contribution in [-0.2, 0) is 8.23 Å². The van der Waals surface area contributed by atoms with E-state index in [4.69, 9.17) is 8.23 Å². The van der Waals surface area contributed by atoms with Gasteiger partial charge in [0, 0.05) is 0 Å². The lowest BCUT2D eigenvalue weighted by atomic mass is 10.4. The Morgan fingerprint density at radius 1 is 0.789 bits per heavy atom. The van der Waals surface area contributed by atoms with Crippen LogP contribution in [0.25, 0.3) is 0 Å². The molecule has 0 radical (unpaired) electrons. The zero-order chi connectivity index (χ0) is 14.7. The third-order valence-electron chi connectivity index (χ3n) is 2.62. The quantitative estimate of drug-likeness (QED) is 0.738. The first kappa shape index (κ1) is 16.8. The van der Waals surface area contributed by atoms with Crippen LogP contribution in [0.5, 0.6) is 0 Å². The highest BCUT2D eigenvalue weighted by atomic mass is 28.5. The van der Waals surface area contributed by atoms with Crippen molar-refractivity contribution >= 4 is 30.4 Å². The molecule has 0 spiro atoms. The molecule has 1 rings (SSSR count). The van der Waals surface area contributed by atoms with E-state index in [0.29, 0.717) is 0 Å². The first-order chi connectivity index (χ1) is 8.58. The zero-order valence-electron chi connectivity index (χ0n) is 13.4. The smallest absolute Gasteiger partial charge is 0.351 e. The molecule has 0 heterocycles. The third-order valence-corrected chi connectivity index (χ3v) is 12.3. The Morgan fingerprint density at radius 2 is 1.21 bits per heavy atom. The van der Waals surface area contributed by atoms with E-state index >= 15 is 0 Å². The van der Waals surface area contributed by atoms with E-state index in [-0.39, 0.29) is 0 Å². The minimum absolute atomic E-state index is 0.978. The summed E-state index contributed by atoms with van der Waals surface area (Å²) in [5.41, 5.74) is 0. The van der Waals surface area contributed by atoms with Gasteiger partial charge in [-0.25, -0.2) is 0 Å². The van der Waals surface area contributed by atoms with Crippen molar-refractivity contribution in [2.45, 2.75) is 52.2 Å². The van der Waals surface area contributed by atoms with Crippen molar-refractivity contribution in [3.05, 3.63) is 30.3 Å². The average Bonchev–Trinajstić information content (AvgIpc) is 2.25. The van der Waals surface area contributed by atoms with Gasteiger partial charge in [-0.05, 0) is 50.5 Å². The minimum Gasteiger partial charge on any atom is -0.433 e. The van der Waals surface area contributed by atoms with Crippen molar-refractivity contribution in [1.82, 2.24) is 0 Å². The molecule has 19 heavy (non-hydrogen) atoms. The Balaban J connectivity index is 3.22. The van der Waals surface area contributed by atoms with E-state index in [0.717, 1.165) is 6.04 Å². The van der Waals surface area contributed by atoms with Crippen molar-refractivity contribution in [3.63, 3.8) is 0 Å². The molecule has 0 bridgehead atoms. The summed E-state index contributed by atoms with van der Waals surface area (Å²) in [5.74, 6) is 0. The van der Waals surface area contributed by atoms with Crippen LogP contribution in [0, 0.1) is 0 Å². The largest absolute Gasteiger partial charge is 0.433 e. The Morgan fingerprint density at radius 3 is 1.53 bits per heavy atom. The lowest BCUT2D eigenvalue weighted by Gasteiger charge is -2.40. The second-order valence-corrected chi connectivity index (χ2v) is 19.8. The number of rotatable bonds is 6. The van der Waals surface area contributed by atoms with Crippen LogP contribution in [0.2, 0.25) is 45.3 Å². The topological polar surface area (TPSA) is 18.5 Å². The summed E-state index contributed by atoms with van der Waals surface area (Å²) in [5, 5.41) is 1.28. The number of hydrogen-bond acceptors (Lipinski definition) is 2. The van der Waals surface area contributed by atoms with Gasteiger partial charge in [-0.1, -0.05) is 37.3 Å². The Kier molecular flexibility index (Phi) is 5.36. The summed E-state index contributed by atoms with van der Waals surface area (Å²) < 4.78 is 13.3. The Hall–Kier alpha value is -0.209. The van der Waals surface area contributed by atoms with E-state index < -0.39 is 25.2 Å². The highest BCUT2D eigenvalue weighted by Crippen LogP contribution is 2.24. The fraction of sp³-hybridized carbons (Fsp3) is 0.571. The van der Waals surface area contributed by atoms with E-state index in [1.165, 1.54) is 5.19 Å². The van der Waals surface area contributed by atoms with Crippen LogP contribution in [0.15, 0.2) is 30.3 Å². The Bertz CT molecular complexity index is 377. The first-order valence-electron chi connectivity index (χ1n) is 7.04. The van der Waals surface area contributed by atoms with Gasteiger partial charge in [-0.2, -0.15) is 0 Å². The van der Waals surface area contributed by atoms with Crippen LogP contribution in [-0.4, -0.2) is 25.2 Å². The summed E-state index contributed by atoms with van der Waals surface area (Å²) in [7, 11) is -5.57. The van der Waals surface area contributed by atoms with E-state index in [1.807, 2.05) is 0 Å². The van der Waals surface area contributed by atoms with Gasteiger partial charge in [0.25, 0.3) is 0 Å². The van der Waals surface area contributed by atoms with Crippen LogP contribution < -0.4 is 5.19 Å². The molecule has 5 heteroatoms. The van der Waals surface area contributed by atoms with E-state index in [1.54, 1.807) is 0 Å². The zero-order valence-corrected chi connectivity index (χ0v) is 16.4. The molecular formula is C14H28O2Si3. The highest BCUT2D eigenvalue weighted by molar-refractivity contribution is 6.94. The van der Waals surface area contributed by atoms with Gasteiger partial charge in [0.05, 0.1) is 0 Å². The molecule has 0 atom stereocenters. The molecular weight excluding hydrogens is 284 g/mol. The summed E-state index contributed by atoms with van der Waals surface area (Å²) in [6, 6.07) is 11.6. The molecule has 0 amide bonds. The van der Waals surface area contributed by atoms with Crippen molar-refractivity contribution < 1.29 is 8.23 Å². The SMILES string of the molecule is CC[Si](O[Si](C)(C)C)(O[Si](C)(C)C)c1ccccc1. The molecule has 0 unspecified atom stereocenters. The highest BCUT2D eigenvalue weighted by Gasteiger charge is 2.44. The monoisotopic (exact) mass is 312 g/mol. The maximum atomic E-state index is 6.63. The maximum absolute atomic E-state index is 6.63. The third kappa shape index (κ3) is 5.35. The van der Waals surface area contributed by atoms with Gasteiger partial charge in [-0.15, -0.1) is 0 Å². The lowest BCUT2D eigenvalue weighted by molar-refractivity contribution is 0.395. The summed E-state index contributed by atoms with van der Waals surface area (Å²) >= 11 is 0. The van der Waals surface area contributed by atoms with Crippen LogP contribution in [0.3, 0.4) is 0 Å². The van der Waals surface area contributed by atoms with E-state index in [9.17, 15) is 0 Å². The van der Waals surface area contributed by atoms with Crippen molar-refractivity contribution in [2.75, 3.05) is 0 Å². The molecule has 0 saturated heterocycles. The molecule has 0 aliphatic rings. The predicted molar refractivity (Wildman–Crippen MR) is 91.2 cm³/mol. The van der Waals surface area contributed by atoms with E-state index in [2.05, 4.69) is 76.5 Å². The second-order valence-electron chi connectivity index (χ2n) is 6.90. The molecule has 0 saturated carbocycles. The fourth-order valence-electron chi connectivity index (χ4n) is 2.17. The van der Waals surface area contributed by atoms with Gasteiger partial charge in [-0.3, -0.25) is 0 Å². The summed E-state index contributed by atoms with van der Waals surface area (Å²) in [6.45, 7) is 15.7. The molecule has 0 N–H and O–H groups in total. The molecule has 0 aromatic heterocycles. The normalized spacial score (nSPS) is 13.6.